The van der Waals surface area contributed by atoms with Crippen LogP contribution in [0.4, 0.5) is 11.4 Å². The van der Waals surface area contributed by atoms with Gasteiger partial charge in [-0.05, 0) is 36.6 Å². The van der Waals surface area contributed by atoms with Gasteiger partial charge >= 0.3 is 5.97 Å². The van der Waals surface area contributed by atoms with E-state index in [-0.39, 0.29) is 11.3 Å². The van der Waals surface area contributed by atoms with Crippen molar-refractivity contribution in [3.63, 3.8) is 0 Å². The minimum Gasteiger partial charge on any atom is -0.452 e. The maximum Gasteiger partial charge on any atom is 0.338 e. The molecular weight excluding hydrogens is 336 g/mol. The molecule has 7 heteroatoms. The van der Waals surface area contributed by atoms with Crippen LogP contribution in [0.2, 0.25) is 0 Å². The number of ether oxygens (including phenoxy) is 1. The molecule has 1 amide bonds. The van der Waals surface area contributed by atoms with E-state index in [1.54, 1.807) is 19.1 Å². The van der Waals surface area contributed by atoms with Crippen molar-refractivity contribution < 1.29 is 19.2 Å². The van der Waals surface area contributed by atoms with Crippen LogP contribution in [0.15, 0.2) is 42.5 Å². The molecule has 0 saturated heterocycles. The Kier molecular flexibility index (Phi) is 6.06. The number of amides is 1. The number of benzene rings is 2. The zero-order valence-corrected chi connectivity index (χ0v) is 14.8. The van der Waals surface area contributed by atoms with E-state index < -0.39 is 23.4 Å². The predicted octanol–water partition coefficient (Wildman–Crippen LogP) is 3.82. The zero-order valence-electron chi connectivity index (χ0n) is 14.8. The molecule has 0 bridgehead atoms. The number of carbonyl (C=O) groups is 2. The molecule has 2 aromatic rings. The number of nitro benzene ring substituents is 1. The maximum absolute atomic E-state index is 12.0. The lowest BCUT2D eigenvalue weighted by Crippen LogP contribution is -2.21. The molecule has 0 atom stereocenters. The first-order valence-electron chi connectivity index (χ1n) is 8.10. The number of nitrogens with zero attached hydrogens (tertiary/aromatic N) is 1. The van der Waals surface area contributed by atoms with Crippen LogP contribution in [0.3, 0.4) is 0 Å². The van der Waals surface area contributed by atoms with Gasteiger partial charge in [0.1, 0.15) is 0 Å². The molecule has 0 saturated carbocycles. The van der Waals surface area contributed by atoms with Crippen molar-refractivity contribution in [3.05, 3.63) is 69.3 Å². The number of esters is 1. The Morgan fingerprint density at radius 2 is 1.81 bits per heavy atom. The van der Waals surface area contributed by atoms with Crippen molar-refractivity contribution >= 4 is 23.3 Å². The summed E-state index contributed by atoms with van der Waals surface area (Å²) < 4.78 is 4.93. The van der Waals surface area contributed by atoms with Crippen molar-refractivity contribution in [3.8, 4) is 0 Å². The normalized spacial score (nSPS) is 10.5. The molecular formula is C19H20N2O5. The fraction of sp³-hybridized carbons (Fsp3) is 0.263. The van der Waals surface area contributed by atoms with Gasteiger partial charge in [-0.25, -0.2) is 4.79 Å². The average Bonchev–Trinajstić information content (AvgIpc) is 2.60. The smallest absolute Gasteiger partial charge is 0.338 e. The van der Waals surface area contributed by atoms with Gasteiger partial charge in [-0.3, -0.25) is 14.9 Å². The predicted molar refractivity (Wildman–Crippen MR) is 97.3 cm³/mol. The van der Waals surface area contributed by atoms with Crippen molar-refractivity contribution in [1.82, 2.24) is 0 Å². The third-order valence-electron chi connectivity index (χ3n) is 3.84. The Balaban J connectivity index is 1.93. The quantitative estimate of drug-likeness (QED) is 0.482. The molecule has 0 unspecified atom stereocenters. The number of rotatable bonds is 6. The highest BCUT2D eigenvalue weighted by molar-refractivity contribution is 5.95. The summed E-state index contributed by atoms with van der Waals surface area (Å²) in [6, 6.07) is 11.4. The summed E-state index contributed by atoms with van der Waals surface area (Å²) in [6.07, 6.45) is 0. The summed E-state index contributed by atoms with van der Waals surface area (Å²) in [4.78, 5) is 34.2. The summed E-state index contributed by atoms with van der Waals surface area (Å²) in [5, 5.41) is 13.6. The number of anilines is 1. The number of hydrogen-bond donors (Lipinski definition) is 1. The van der Waals surface area contributed by atoms with E-state index in [0.29, 0.717) is 17.2 Å². The third-order valence-corrected chi connectivity index (χ3v) is 3.84. The van der Waals surface area contributed by atoms with Gasteiger partial charge in [0, 0.05) is 17.3 Å². The molecule has 1 N–H and O–H groups in total. The number of nitrogens with one attached hydrogen (secondary N) is 1. The van der Waals surface area contributed by atoms with Gasteiger partial charge in [0.05, 0.1) is 10.5 Å². The minimum absolute atomic E-state index is 0.0244. The van der Waals surface area contributed by atoms with E-state index in [2.05, 4.69) is 19.2 Å². The monoisotopic (exact) mass is 356 g/mol. The molecule has 0 aliphatic carbocycles. The Bertz CT molecular complexity index is 828. The lowest BCUT2D eigenvalue weighted by atomic mass is 10.0. The van der Waals surface area contributed by atoms with Crippen molar-refractivity contribution in [1.29, 1.82) is 0 Å². The summed E-state index contributed by atoms with van der Waals surface area (Å²) in [5.41, 5.74) is 2.04. The highest BCUT2D eigenvalue weighted by Crippen LogP contribution is 2.20. The summed E-state index contributed by atoms with van der Waals surface area (Å²) >= 11 is 0. The fourth-order valence-corrected chi connectivity index (χ4v) is 2.30. The first-order valence-corrected chi connectivity index (χ1v) is 8.10. The second kappa shape index (κ2) is 8.24. The number of nitro groups is 1. The van der Waals surface area contributed by atoms with Crippen LogP contribution in [0.5, 0.6) is 0 Å². The van der Waals surface area contributed by atoms with Crippen molar-refractivity contribution in [2.45, 2.75) is 26.7 Å². The molecule has 7 nitrogen and oxygen atoms in total. The van der Waals surface area contributed by atoms with Crippen molar-refractivity contribution in [2.75, 3.05) is 11.9 Å². The summed E-state index contributed by atoms with van der Waals surface area (Å²) in [5.74, 6) is -0.894. The standard InChI is InChI=1S/C19H20N2O5/c1-12(2)14-6-8-16(9-7-14)20-18(22)11-26-19(23)15-5-4-13(3)17(10-15)21(24)25/h4-10,12H,11H2,1-3H3,(H,20,22). The molecule has 2 rings (SSSR count). The molecule has 2 aromatic carbocycles. The van der Waals surface area contributed by atoms with E-state index in [9.17, 15) is 19.7 Å². The van der Waals surface area contributed by atoms with Crippen LogP contribution >= 0.6 is 0 Å². The van der Waals surface area contributed by atoms with E-state index in [4.69, 9.17) is 4.74 Å². The van der Waals surface area contributed by atoms with E-state index >= 15 is 0 Å². The van der Waals surface area contributed by atoms with Gasteiger partial charge in [0.25, 0.3) is 11.6 Å². The Labute approximate surface area is 151 Å². The molecule has 0 aliphatic heterocycles. The number of hydrogen-bond acceptors (Lipinski definition) is 5. The molecule has 0 aliphatic rings. The molecule has 0 spiro atoms. The Hall–Kier alpha value is -3.22. The molecule has 0 aromatic heterocycles. The maximum atomic E-state index is 12.0. The molecule has 0 radical (unpaired) electrons. The van der Waals surface area contributed by atoms with Crippen LogP contribution in [0.1, 0.15) is 41.3 Å². The van der Waals surface area contributed by atoms with Crippen LogP contribution in [-0.4, -0.2) is 23.4 Å². The van der Waals surface area contributed by atoms with Gasteiger partial charge in [-0.15, -0.1) is 0 Å². The van der Waals surface area contributed by atoms with Crippen LogP contribution in [-0.2, 0) is 9.53 Å². The summed E-state index contributed by atoms with van der Waals surface area (Å²) in [6.45, 7) is 5.24. The van der Waals surface area contributed by atoms with Crippen LogP contribution < -0.4 is 5.32 Å². The third kappa shape index (κ3) is 4.89. The minimum atomic E-state index is -0.793. The molecule has 136 valence electrons. The fourth-order valence-electron chi connectivity index (χ4n) is 2.30. The van der Waals surface area contributed by atoms with Gasteiger partial charge in [0.2, 0.25) is 0 Å². The second-order valence-electron chi connectivity index (χ2n) is 6.16. The van der Waals surface area contributed by atoms with E-state index in [1.807, 2.05) is 12.1 Å². The van der Waals surface area contributed by atoms with Gasteiger partial charge in [-0.2, -0.15) is 0 Å². The SMILES string of the molecule is Cc1ccc(C(=O)OCC(=O)Nc2ccc(C(C)C)cc2)cc1[N+](=O)[O-]. The van der Waals surface area contributed by atoms with Crippen LogP contribution in [0.25, 0.3) is 0 Å². The van der Waals surface area contributed by atoms with E-state index in [0.717, 1.165) is 11.6 Å². The van der Waals surface area contributed by atoms with Crippen molar-refractivity contribution in [2.24, 2.45) is 0 Å². The van der Waals surface area contributed by atoms with Gasteiger partial charge in [-0.1, -0.05) is 32.0 Å². The lowest BCUT2D eigenvalue weighted by molar-refractivity contribution is -0.385. The molecule has 26 heavy (non-hydrogen) atoms. The zero-order chi connectivity index (χ0) is 19.3. The first kappa shape index (κ1) is 19.1. The van der Waals surface area contributed by atoms with Gasteiger partial charge < -0.3 is 10.1 Å². The lowest BCUT2D eigenvalue weighted by Gasteiger charge is -2.09. The summed E-state index contributed by atoms with van der Waals surface area (Å²) in [7, 11) is 0. The van der Waals surface area contributed by atoms with Crippen LogP contribution in [0, 0.1) is 17.0 Å². The molecule has 0 fully saturated rings. The Morgan fingerprint density at radius 1 is 1.15 bits per heavy atom. The first-order chi connectivity index (χ1) is 12.3. The Morgan fingerprint density at radius 3 is 2.38 bits per heavy atom. The van der Waals surface area contributed by atoms with E-state index in [1.165, 1.54) is 12.1 Å². The van der Waals surface area contributed by atoms with Gasteiger partial charge in [0.15, 0.2) is 6.61 Å². The number of carbonyl (C=O) groups excluding carboxylic acids is 2. The molecule has 0 heterocycles. The largest absolute Gasteiger partial charge is 0.452 e. The highest BCUT2D eigenvalue weighted by atomic mass is 16.6. The second-order valence-corrected chi connectivity index (χ2v) is 6.16. The number of aryl methyl sites for hydroxylation is 1. The highest BCUT2D eigenvalue weighted by Gasteiger charge is 2.17. The topological polar surface area (TPSA) is 98.5 Å². The average molecular weight is 356 g/mol.